The number of carbonyl (C=O) groups excluding carboxylic acids is 1. The van der Waals surface area contributed by atoms with Crippen LogP contribution in [0, 0.1) is 0 Å². The van der Waals surface area contributed by atoms with Crippen LogP contribution in [0.25, 0.3) is 0 Å². The molecule has 0 radical (unpaired) electrons. The second-order valence-corrected chi connectivity index (χ2v) is 13.8. The number of likely N-dealkylation sites (tertiary alicyclic amines) is 1. The van der Waals surface area contributed by atoms with Crippen molar-refractivity contribution in [2.45, 2.75) is 122 Å². The summed E-state index contributed by atoms with van der Waals surface area (Å²) in [7, 11) is 0. The van der Waals surface area contributed by atoms with Crippen molar-refractivity contribution in [3.63, 3.8) is 0 Å². The zero-order valence-corrected chi connectivity index (χ0v) is 26.0. The van der Waals surface area contributed by atoms with Crippen LogP contribution < -0.4 is 5.32 Å². The van der Waals surface area contributed by atoms with Gasteiger partial charge in [0.2, 0.25) is 5.88 Å². The molecule has 5 heterocycles. The molecule has 5 rings (SSSR count). The molecule has 5 aliphatic heterocycles. The summed E-state index contributed by atoms with van der Waals surface area (Å²) < 4.78 is 26.2. The van der Waals surface area contributed by atoms with E-state index in [9.17, 15) is 9.18 Å². The molecule has 1 amide bonds. The highest BCUT2D eigenvalue weighted by Gasteiger charge is 2.50. The van der Waals surface area contributed by atoms with Gasteiger partial charge in [0.1, 0.15) is 24.7 Å². The van der Waals surface area contributed by atoms with E-state index in [-0.39, 0.29) is 36.4 Å². The zero-order chi connectivity index (χ0) is 29.2. The molecule has 1 N–H and O–H groups in total. The Morgan fingerprint density at radius 3 is 2.61 bits per heavy atom. The van der Waals surface area contributed by atoms with Gasteiger partial charge in [-0.25, -0.2) is 9.18 Å². The molecule has 0 aromatic heterocycles. The van der Waals surface area contributed by atoms with E-state index in [1.54, 1.807) is 0 Å². The lowest BCUT2D eigenvalue weighted by Crippen LogP contribution is -2.58. The van der Waals surface area contributed by atoms with Crippen molar-refractivity contribution in [2.24, 2.45) is 4.99 Å². The van der Waals surface area contributed by atoms with E-state index in [0.29, 0.717) is 12.5 Å². The Bertz CT molecular complexity index is 1040. The Morgan fingerprint density at radius 1 is 1.20 bits per heavy atom. The zero-order valence-electron chi connectivity index (χ0n) is 26.0. The number of aliphatic imine (C=N–C) groups is 1. The smallest absolute Gasteiger partial charge is 0.410 e. The van der Waals surface area contributed by atoms with Crippen molar-refractivity contribution in [3.05, 3.63) is 23.1 Å². The van der Waals surface area contributed by atoms with Gasteiger partial charge in [-0.05, 0) is 104 Å². The second kappa shape index (κ2) is 12.6. The molecule has 2 bridgehead atoms. The molecule has 0 spiro atoms. The number of allylic oxidation sites excluding steroid dienone is 1. The largest absolute Gasteiger partial charge is 0.476 e. The molecule has 230 valence electrons. The number of unbranched alkanes of at least 4 members (excludes halogenated alkanes) is 1. The lowest BCUT2D eigenvalue weighted by Gasteiger charge is -2.43. The van der Waals surface area contributed by atoms with Crippen molar-refractivity contribution >= 4 is 11.9 Å². The predicted molar refractivity (Wildman–Crippen MR) is 161 cm³/mol. The van der Waals surface area contributed by atoms with Gasteiger partial charge in [-0.1, -0.05) is 18.9 Å². The molecule has 0 aliphatic carbocycles. The van der Waals surface area contributed by atoms with Crippen molar-refractivity contribution in [1.29, 1.82) is 0 Å². The first-order valence-corrected chi connectivity index (χ1v) is 16.0. The Balaban J connectivity index is 1.40. The van der Waals surface area contributed by atoms with E-state index >= 15 is 0 Å². The van der Waals surface area contributed by atoms with E-state index in [0.717, 1.165) is 96.3 Å². The molecular weight excluding hydrogens is 521 g/mol. The minimum absolute atomic E-state index is 0.0301. The fourth-order valence-electron chi connectivity index (χ4n) is 7.62. The average Bonchev–Trinajstić information content (AvgIpc) is 3.57. The van der Waals surface area contributed by atoms with Gasteiger partial charge in [-0.15, -0.1) is 0 Å². The summed E-state index contributed by atoms with van der Waals surface area (Å²) in [5.41, 5.74) is 2.03. The van der Waals surface area contributed by atoms with Crippen LogP contribution in [0.3, 0.4) is 0 Å². The van der Waals surface area contributed by atoms with Crippen LogP contribution in [0.2, 0.25) is 0 Å². The van der Waals surface area contributed by atoms with Gasteiger partial charge in [0, 0.05) is 25.7 Å². The number of amidine groups is 1. The minimum Gasteiger partial charge on any atom is -0.476 e. The Hall–Kier alpha value is -2.13. The van der Waals surface area contributed by atoms with Crippen molar-refractivity contribution in [2.75, 3.05) is 46.0 Å². The normalized spacial score (nSPS) is 31.2. The molecule has 5 aliphatic rings. The van der Waals surface area contributed by atoms with Crippen molar-refractivity contribution in [3.8, 4) is 0 Å². The van der Waals surface area contributed by atoms with Gasteiger partial charge in [-0.2, -0.15) is 4.99 Å². The van der Waals surface area contributed by atoms with Gasteiger partial charge >= 0.3 is 6.09 Å². The first-order chi connectivity index (χ1) is 19.6. The van der Waals surface area contributed by atoms with E-state index in [2.05, 4.69) is 35.0 Å². The minimum atomic E-state index is -0.508. The molecule has 9 heteroatoms. The summed E-state index contributed by atoms with van der Waals surface area (Å²) in [6.45, 7) is 14.7. The number of nitrogens with zero attached hydrogens (tertiary/aromatic N) is 4. The topological polar surface area (TPSA) is 69.6 Å². The summed E-state index contributed by atoms with van der Waals surface area (Å²) in [6, 6.07) is 0.257. The second-order valence-electron chi connectivity index (χ2n) is 13.8. The Morgan fingerprint density at radius 2 is 1.95 bits per heavy atom. The fourth-order valence-corrected chi connectivity index (χ4v) is 7.62. The lowest BCUT2D eigenvalue weighted by molar-refractivity contribution is 0.00272. The number of hydrogen-bond donors (Lipinski definition) is 1. The predicted octanol–water partition coefficient (Wildman–Crippen LogP) is 5.40. The Kier molecular flexibility index (Phi) is 9.34. The molecule has 0 saturated carbocycles. The van der Waals surface area contributed by atoms with E-state index in [4.69, 9.17) is 14.5 Å². The first kappa shape index (κ1) is 30.3. The van der Waals surface area contributed by atoms with E-state index < -0.39 is 5.60 Å². The van der Waals surface area contributed by atoms with E-state index in [1.165, 1.54) is 11.1 Å². The quantitative estimate of drug-likeness (QED) is 0.238. The SMILES string of the molecule is CCC/C=C(/N=C(\C1=C(C)CNCC1)N1CC2CCC(C1)N2C(=O)OC(C)(C)C)OCC12CCCN1C(CF)CC2. The number of rotatable bonds is 8. The van der Waals surface area contributed by atoms with Crippen molar-refractivity contribution in [1.82, 2.24) is 20.0 Å². The van der Waals surface area contributed by atoms with Crippen LogP contribution in [-0.4, -0.2) is 102 Å². The van der Waals surface area contributed by atoms with Crippen molar-refractivity contribution < 1.29 is 18.7 Å². The fraction of sp³-hybridized carbons (Fsp3) is 0.812. The highest BCUT2D eigenvalue weighted by molar-refractivity contribution is 6.00. The molecule has 8 nitrogen and oxygen atoms in total. The molecule has 41 heavy (non-hydrogen) atoms. The Labute approximate surface area is 246 Å². The van der Waals surface area contributed by atoms with E-state index in [1.807, 2.05) is 25.7 Å². The summed E-state index contributed by atoms with van der Waals surface area (Å²) in [5.74, 6) is 1.69. The molecule has 0 aromatic carbocycles. The van der Waals surface area contributed by atoms with Crippen LogP contribution in [0.15, 0.2) is 28.1 Å². The van der Waals surface area contributed by atoms with Crippen LogP contribution in [-0.2, 0) is 9.47 Å². The third-order valence-electron chi connectivity index (χ3n) is 9.64. The number of ether oxygens (including phenoxy) is 2. The number of alkyl halides is 1. The first-order valence-electron chi connectivity index (χ1n) is 16.0. The van der Waals surface area contributed by atoms with Crippen LogP contribution in [0.4, 0.5) is 9.18 Å². The summed E-state index contributed by atoms with van der Waals surface area (Å²) in [4.78, 5) is 25.2. The maximum absolute atomic E-state index is 13.8. The van der Waals surface area contributed by atoms with Gasteiger partial charge in [-0.3, -0.25) is 9.80 Å². The molecule has 0 aromatic rings. The van der Waals surface area contributed by atoms with Gasteiger partial charge in [0.25, 0.3) is 0 Å². The molecular formula is C32H52FN5O3. The summed E-state index contributed by atoms with van der Waals surface area (Å²) >= 11 is 0. The van der Waals surface area contributed by atoms with Crippen LogP contribution in [0.1, 0.15) is 92.4 Å². The average molecular weight is 574 g/mol. The number of amides is 1. The highest BCUT2D eigenvalue weighted by Crippen LogP contribution is 2.43. The monoisotopic (exact) mass is 573 g/mol. The van der Waals surface area contributed by atoms with Gasteiger partial charge < -0.3 is 19.7 Å². The van der Waals surface area contributed by atoms with Crippen LogP contribution in [0.5, 0.6) is 0 Å². The lowest BCUT2D eigenvalue weighted by atomic mass is 9.95. The summed E-state index contributed by atoms with van der Waals surface area (Å²) in [5, 5.41) is 3.50. The summed E-state index contributed by atoms with van der Waals surface area (Å²) in [6.07, 6.45) is 10.8. The van der Waals surface area contributed by atoms with Gasteiger partial charge in [0.15, 0.2) is 0 Å². The molecule has 4 saturated heterocycles. The highest BCUT2D eigenvalue weighted by atomic mass is 19.1. The van der Waals surface area contributed by atoms with Gasteiger partial charge in [0.05, 0.1) is 17.6 Å². The number of carbonyl (C=O) groups is 1. The molecule has 4 atom stereocenters. The molecule has 4 fully saturated rings. The number of fused-ring (bicyclic) bond motifs is 3. The standard InChI is InChI=1S/C32H52FN5O3/c1-6-7-9-28(40-22-32-14-8-17-37(32)24(18-33)12-15-32)35-29(27-13-16-34-19-23(27)2)36-20-25-10-11-26(21-36)38(25)30(39)41-31(3,4)5/h9,24-26,34H,6-8,10-22H2,1-5H3/b28-9-,35-29+. The number of hydrogen-bond acceptors (Lipinski definition) is 6. The number of halogens is 1. The number of piperazine rings is 1. The number of nitrogens with one attached hydrogen (secondary N) is 1. The maximum atomic E-state index is 13.8. The van der Waals surface area contributed by atoms with Crippen LogP contribution >= 0.6 is 0 Å². The maximum Gasteiger partial charge on any atom is 0.410 e. The molecule has 4 unspecified atom stereocenters. The third-order valence-corrected chi connectivity index (χ3v) is 9.64. The third kappa shape index (κ3) is 6.61.